The molecule has 12 rings (SSSR count). The maximum atomic E-state index is 6.41. The average Bonchev–Trinajstić information content (AvgIpc) is 3.76. The fourth-order valence-electron chi connectivity index (χ4n) is 10.1. The molecule has 58 heavy (non-hydrogen) atoms. The molecule has 272 valence electrons. The monoisotopic (exact) mass is 738 g/mol. The summed E-state index contributed by atoms with van der Waals surface area (Å²) in [4.78, 5) is 0. The Morgan fingerprint density at radius 2 is 0.793 bits per heavy atom. The van der Waals surface area contributed by atoms with Gasteiger partial charge in [-0.25, -0.2) is 0 Å². The van der Waals surface area contributed by atoms with Gasteiger partial charge in [0.05, 0.1) is 0 Å². The normalized spacial score (nSPS) is 13.1. The van der Waals surface area contributed by atoms with E-state index in [0.717, 1.165) is 33.1 Å². The van der Waals surface area contributed by atoms with E-state index < -0.39 is 0 Å². The van der Waals surface area contributed by atoms with Gasteiger partial charge in [-0.1, -0.05) is 190 Å². The van der Waals surface area contributed by atoms with Crippen molar-refractivity contribution < 1.29 is 4.42 Å². The van der Waals surface area contributed by atoms with Crippen molar-refractivity contribution >= 4 is 54.3 Å². The topological polar surface area (TPSA) is 13.1 Å². The molecular formula is C57H38O. The summed E-state index contributed by atoms with van der Waals surface area (Å²) in [6.45, 7) is 4.74. The molecule has 0 bridgehead atoms. The molecule has 1 aromatic heterocycles. The molecule has 11 aromatic rings. The van der Waals surface area contributed by atoms with Crippen LogP contribution in [-0.4, -0.2) is 0 Å². The van der Waals surface area contributed by atoms with Crippen LogP contribution in [0.15, 0.2) is 199 Å². The lowest BCUT2D eigenvalue weighted by molar-refractivity contribution is 0.661. The van der Waals surface area contributed by atoms with Gasteiger partial charge >= 0.3 is 0 Å². The highest BCUT2D eigenvalue weighted by molar-refractivity contribution is 6.21. The summed E-state index contributed by atoms with van der Waals surface area (Å²) >= 11 is 0. The molecule has 0 radical (unpaired) electrons. The van der Waals surface area contributed by atoms with Crippen molar-refractivity contribution in [3.05, 3.63) is 205 Å². The third-order valence-electron chi connectivity index (χ3n) is 12.9. The number of hydrogen-bond donors (Lipinski definition) is 0. The number of hydrogen-bond acceptors (Lipinski definition) is 1. The van der Waals surface area contributed by atoms with Crippen LogP contribution in [0.4, 0.5) is 0 Å². The molecule has 0 saturated carbocycles. The van der Waals surface area contributed by atoms with Crippen LogP contribution in [0.5, 0.6) is 0 Å². The predicted molar refractivity (Wildman–Crippen MR) is 246 cm³/mol. The van der Waals surface area contributed by atoms with Crippen LogP contribution < -0.4 is 0 Å². The first-order valence-corrected chi connectivity index (χ1v) is 20.3. The summed E-state index contributed by atoms with van der Waals surface area (Å²) < 4.78 is 6.41. The molecular weight excluding hydrogens is 701 g/mol. The Morgan fingerprint density at radius 1 is 0.328 bits per heavy atom. The van der Waals surface area contributed by atoms with Gasteiger partial charge in [0.2, 0.25) is 0 Å². The van der Waals surface area contributed by atoms with Gasteiger partial charge in [-0.05, 0) is 112 Å². The van der Waals surface area contributed by atoms with Crippen molar-refractivity contribution in [2.24, 2.45) is 0 Å². The van der Waals surface area contributed by atoms with Crippen LogP contribution in [-0.2, 0) is 5.41 Å². The minimum atomic E-state index is -0.0763. The number of furan rings is 1. The van der Waals surface area contributed by atoms with Crippen LogP contribution in [0.1, 0.15) is 25.0 Å². The lowest BCUT2D eigenvalue weighted by atomic mass is 9.81. The Morgan fingerprint density at radius 3 is 1.41 bits per heavy atom. The van der Waals surface area contributed by atoms with E-state index in [4.69, 9.17) is 4.42 Å². The average molecular weight is 739 g/mol. The number of para-hydroxylation sites is 2. The van der Waals surface area contributed by atoms with E-state index >= 15 is 0 Å². The van der Waals surface area contributed by atoms with Gasteiger partial charge in [-0.15, -0.1) is 0 Å². The lowest BCUT2D eigenvalue weighted by Crippen LogP contribution is -2.14. The second-order valence-corrected chi connectivity index (χ2v) is 16.4. The molecule has 0 N–H and O–H groups in total. The van der Waals surface area contributed by atoms with Gasteiger partial charge in [-0.2, -0.15) is 0 Å². The maximum Gasteiger partial charge on any atom is 0.143 e. The minimum Gasteiger partial charge on any atom is -0.455 e. The summed E-state index contributed by atoms with van der Waals surface area (Å²) in [7, 11) is 0. The minimum absolute atomic E-state index is 0.0763. The third kappa shape index (κ3) is 4.77. The molecule has 1 aliphatic rings. The van der Waals surface area contributed by atoms with Crippen LogP contribution in [0.25, 0.3) is 110 Å². The molecule has 1 nitrogen and oxygen atoms in total. The second-order valence-electron chi connectivity index (χ2n) is 16.4. The SMILES string of the molecule is CC1(C)c2cc3ccccc3cc2-c2c(-c3ccc(-c4c5ccccc5c(-c5ccc(-c6cccc7c6oc6ccccc67)cc5)c5ccccc45)cc3)cccc21. The van der Waals surface area contributed by atoms with E-state index in [1.165, 1.54) is 88.0 Å². The summed E-state index contributed by atoms with van der Waals surface area (Å²) in [6, 6.07) is 71.4. The Bertz CT molecular complexity index is 3390. The Labute approximate surface area is 337 Å². The van der Waals surface area contributed by atoms with Crippen molar-refractivity contribution in [3.8, 4) is 55.6 Å². The molecule has 0 saturated heterocycles. The fourth-order valence-corrected chi connectivity index (χ4v) is 10.1. The first-order valence-electron chi connectivity index (χ1n) is 20.3. The van der Waals surface area contributed by atoms with Gasteiger partial charge < -0.3 is 4.42 Å². The summed E-state index contributed by atoms with van der Waals surface area (Å²) in [5.74, 6) is 0. The molecule has 1 heterocycles. The zero-order valence-corrected chi connectivity index (χ0v) is 32.4. The summed E-state index contributed by atoms with van der Waals surface area (Å²) in [5.41, 5.74) is 17.0. The molecule has 0 aliphatic heterocycles. The van der Waals surface area contributed by atoms with Crippen molar-refractivity contribution in [3.63, 3.8) is 0 Å². The van der Waals surface area contributed by atoms with E-state index in [0.29, 0.717) is 0 Å². The highest BCUT2D eigenvalue weighted by atomic mass is 16.3. The van der Waals surface area contributed by atoms with Crippen molar-refractivity contribution in [2.45, 2.75) is 19.3 Å². The molecule has 1 heteroatoms. The molecule has 0 atom stereocenters. The first kappa shape index (κ1) is 33.0. The van der Waals surface area contributed by atoms with Gasteiger partial charge in [0.25, 0.3) is 0 Å². The largest absolute Gasteiger partial charge is 0.455 e. The van der Waals surface area contributed by atoms with E-state index in [9.17, 15) is 0 Å². The standard InChI is InChI=1S/C57H38O/c1-57(2)50-23-12-20-41(55(50)49-33-39-13-3-4-14-40(39)34-51(49)57)35-25-29-37(30-26-35)53-44-16-5-7-18-46(44)54(47-19-8-6-17-45(47)53)38-31-27-36(28-32-38)42-21-11-22-48-43-15-9-10-24-52(43)58-56(42)48/h3-34H,1-2H3. The lowest BCUT2D eigenvalue weighted by Gasteiger charge is -2.22. The molecule has 0 fully saturated rings. The Kier molecular flexibility index (Phi) is 7.04. The quantitative estimate of drug-likeness (QED) is 0.164. The van der Waals surface area contributed by atoms with Crippen LogP contribution in [0.3, 0.4) is 0 Å². The smallest absolute Gasteiger partial charge is 0.143 e. The number of rotatable bonds is 4. The Balaban J connectivity index is 0.976. The highest BCUT2D eigenvalue weighted by Gasteiger charge is 2.37. The van der Waals surface area contributed by atoms with Crippen molar-refractivity contribution in [2.75, 3.05) is 0 Å². The zero-order chi connectivity index (χ0) is 38.5. The van der Waals surface area contributed by atoms with Gasteiger partial charge in [0.1, 0.15) is 11.2 Å². The number of benzene rings is 10. The van der Waals surface area contributed by atoms with Crippen molar-refractivity contribution in [1.82, 2.24) is 0 Å². The van der Waals surface area contributed by atoms with Crippen LogP contribution in [0.2, 0.25) is 0 Å². The summed E-state index contributed by atoms with van der Waals surface area (Å²) in [5, 5.41) is 9.88. The highest BCUT2D eigenvalue weighted by Crippen LogP contribution is 2.53. The van der Waals surface area contributed by atoms with E-state index in [-0.39, 0.29) is 5.41 Å². The molecule has 0 amide bonds. The van der Waals surface area contributed by atoms with Gasteiger partial charge in [0, 0.05) is 21.8 Å². The summed E-state index contributed by atoms with van der Waals surface area (Å²) in [6.07, 6.45) is 0. The van der Waals surface area contributed by atoms with E-state index in [1.807, 2.05) is 12.1 Å². The van der Waals surface area contributed by atoms with E-state index in [1.54, 1.807) is 0 Å². The van der Waals surface area contributed by atoms with Crippen LogP contribution in [0, 0.1) is 0 Å². The van der Waals surface area contributed by atoms with Gasteiger partial charge in [-0.3, -0.25) is 0 Å². The third-order valence-corrected chi connectivity index (χ3v) is 12.9. The van der Waals surface area contributed by atoms with E-state index in [2.05, 4.69) is 196 Å². The molecule has 10 aromatic carbocycles. The van der Waals surface area contributed by atoms with Crippen LogP contribution >= 0.6 is 0 Å². The Hall–Kier alpha value is -7.22. The van der Waals surface area contributed by atoms with Gasteiger partial charge in [0.15, 0.2) is 0 Å². The molecule has 1 aliphatic carbocycles. The maximum absolute atomic E-state index is 6.41. The predicted octanol–water partition coefficient (Wildman–Crippen LogP) is 16.0. The van der Waals surface area contributed by atoms with Crippen molar-refractivity contribution in [1.29, 1.82) is 0 Å². The first-order chi connectivity index (χ1) is 28.5. The molecule has 0 spiro atoms. The number of fused-ring (bicyclic) bond motifs is 9. The second kappa shape index (κ2) is 12.4. The fraction of sp³-hybridized carbons (Fsp3) is 0.0526. The molecule has 0 unspecified atom stereocenters. The zero-order valence-electron chi connectivity index (χ0n) is 32.4.